The highest BCUT2D eigenvalue weighted by molar-refractivity contribution is 6.03. The molecule has 0 saturated carbocycles. The average Bonchev–Trinajstić information content (AvgIpc) is 2.74. The van der Waals surface area contributed by atoms with Crippen molar-refractivity contribution in [2.24, 2.45) is 0 Å². The van der Waals surface area contributed by atoms with Gasteiger partial charge < -0.3 is 15.2 Å². The molecule has 156 valence electrons. The summed E-state index contributed by atoms with van der Waals surface area (Å²) in [6.07, 6.45) is 0. The summed E-state index contributed by atoms with van der Waals surface area (Å²) in [6, 6.07) is 13.9. The van der Waals surface area contributed by atoms with Gasteiger partial charge in [0.15, 0.2) is 12.3 Å². The molecule has 1 heterocycles. The van der Waals surface area contributed by atoms with Crippen LogP contribution in [-0.2, 0) is 16.1 Å². The summed E-state index contributed by atoms with van der Waals surface area (Å²) in [5, 5.41) is 16.5. The first-order chi connectivity index (χ1) is 14.4. The molecular weight excluding hydrogens is 386 g/mol. The third kappa shape index (κ3) is 4.55. The predicted octanol–water partition coefficient (Wildman–Crippen LogP) is 2.31. The molecule has 2 aromatic carbocycles. The van der Waals surface area contributed by atoms with E-state index in [1.807, 2.05) is 32.0 Å². The number of hydrogen-bond donors (Lipinski definition) is 2. The van der Waals surface area contributed by atoms with Crippen LogP contribution in [0.5, 0.6) is 0 Å². The molecule has 0 saturated heterocycles. The number of fused-ring (bicyclic) bond motifs is 1. The Kier molecular flexibility index (Phi) is 6.58. The summed E-state index contributed by atoms with van der Waals surface area (Å²) in [5.74, 6) is -1.10. The molecule has 8 nitrogen and oxygen atoms in total. The fourth-order valence-corrected chi connectivity index (χ4v) is 3.13. The lowest BCUT2D eigenvalue weighted by atomic mass is 10.0. The molecule has 0 radical (unpaired) electrons. The number of para-hydroxylation sites is 1. The number of aliphatic hydroxyl groups excluding tert-OH is 1. The maximum absolute atomic E-state index is 12.6. The fourth-order valence-electron chi connectivity index (χ4n) is 3.13. The van der Waals surface area contributed by atoms with E-state index in [2.05, 4.69) is 10.4 Å². The topological polar surface area (TPSA) is 111 Å². The number of aliphatic hydroxyl groups is 1. The van der Waals surface area contributed by atoms with Gasteiger partial charge in [-0.15, -0.1) is 0 Å². The largest absolute Gasteiger partial charge is 0.451 e. The van der Waals surface area contributed by atoms with Gasteiger partial charge in [0.25, 0.3) is 11.5 Å². The molecule has 1 aromatic heterocycles. The minimum Gasteiger partial charge on any atom is -0.451 e. The Balaban J connectivity index is 1.78. The van der Waals surface area contributed by atoms with E-state index >= 15 is 0 Å². The van der Waals surface area contributed by atoms with Crippen molar-refractivity contribution < 1.29 is 19.4 Å². The molecule has 0 atom stereocenters. The second-order valence-corrected chi connectivity index (χ2v) is 7.01. The van der Waals surface area contributed by atoms with Gasteiger partial charge in [0.1, 0.15) is 0 Å². The summed E-state index contributed by atoms with van der Waals surface area (Å²) in [5.41, 5.74) is 1.13. The van der Waals surface area contributed by atoms with Crippen LogP contribution >= 0.6 is 0 Å². The molecule has 2 N–H and O–H groups in total. The second kappa shape index (κ2) is 9.32. The first-order valence-electron chi connectivity index (χ1n) is 9.59. The van der Waals surface area contributed by atoms with E-state index in [1.165, 1.54) is 0 Å². The second-order valence-electron chi connectivity index (χ2n) is 7.01. The zero-order valence-electron chi connectivity index (χ0n) is 16.8. The minimum atomic E-state index is -0.829. The van der Waals surface area contributed by atoms with Crippen LogP contribution in [-0.4, -0.2) is 40.0 Å². The van der Waals surface area contributed by atoms with Crippen molar-refractivity contribution in [1.82, 2.24) is 9.78 Å². The maximum Gasteiger partial charge on any atom is 0.359 e. The molecule has 0 aliphatic heterocycles. The lowest BCUT2D eigenvalue weighted by Crippen LogP contribution is -2.28. The Morgan fingerprint density at radius 2 is 1.77 bits per heavy atom. The number of esters is 1. The number of hydrogen-bond acceptors (Lipinski definition) is 6. The monoisotopic (exact) mass is 409 g/mol. The normalized spacial score (nSPS) is 10.9. The van der Waals surface area contributed by atoms with Crippen molar-refractivity contribution in [3.63, 3.8) is 0 Å². The Bertz CT molecular complexity index is 1140. The molecule has 3 aromatic rings. The van der Waals surface area contributed by atoms with Crippen LogP contribution in [0, 0.1) is 0 Å². The Morgan fingerprint density at radius 1 is 1.10 bits per heavy atom. The zero-order chi connectivity index (χ0) is 21.7. The summed E-state index contributed by atoms with van der Waals surface area (Å²) in [7, 11) is 0. The number of nitrogens with zero attached hydrogens (tertiary/aromatic N) is 2. The highest BCUT2D eigenvalue weighted by Crippen LogP contribution is 2.23. The first kappa shape index (κ1) is 21.2. The molecule has 0 fully saturated rings. The fraction of sp³-hybridized carbons (Fsp3) is 0.273. The molecule has 0 aliphatic rings. The first-order valence-corrected chi connectivity index (χ1v) is 9.59. The molecular formula is C22H23N3O5. The van der Waals surface area contributed by atoms with Crippen molar-refractivity contribution in [3.05, 3.63) is 70.1 Å². The Labute approximate surface area is 173 Å². The molecule has 0 spiro atoms. The van der Waals surface area contributed by atoms with Crippen LogP contribution in [0.2, 0.25) is 0 Å². The molecule has 8 heteroatoms. The standard InChI is InChI=1S/C22H23N3O5/c1-14(2)15-7-5-6-10-18(15)23-19(27)13-30-22(29)20-16-8-3-4-9-17(16)21(28)25(24-20)11-12-26/h3-10,14,26H,11-13H2,1-2H3,(H,23,27). The van der Waals surface area contributed by atoms with Gasteiger partial charge in [0.05, 0.1) is 18.5 Å². The smallest absolute Gasteiger partial charge is 0.359 e. The van der Waals surface area contributed by atoms with E-state index in [0.717, 1.165) is 10.2 Å². The number of rotatable bonds is 7. The number of ether oxygens (including phenoxy) is 1. The number of anilines is 1. The summed E-state index contributed by atoms with van der Waals surface area (Å²) in [6.45, 7) is 3.17. The van der Waals surface area contributed by atoms with Crippen LogP contribution in [0.25, 0.3) is 10.8 Å². The van der Waals surface area contributed by atoms with Crippen molar-refractivity contribution in [2.45, 2.75) is 26.3 Å². The van der Waals surface area contributed by atoms with E-state index in [9.17, 15) is 14.4 Å². The minimum absolute atomic E-state index is 0.0591. The number of nitrogens with one attached hydrogen (secondary N) is 1. The number of benzene rings is 2. The lowest BCUT2D eigenvalue weighted by Gasteiger charge is -2.14. The van der Waals surface area contributed by atoms with Gasteiger partial charge in [-0.25, -0.2) is 9.48 Å². The SMILES string of the molecule is CC(C)c1ccccc1NC(=O)COC(=O)c1nn(CCO)c(=O)c2ccccc12. The van der Waals surface area contributed by atoms with E-state index in [1.54, 1.807) is 30.3 Å². The van der Waals surface area contributed by atoms with E-state index in [0.29, 0.717) is 11.1 Å². The van der Waals surface area contributed by atoms with Gasteiger partial charge in [-0.3, -0.25) is 9.59 Å². The van der Waals surface area contributed by atoms with Gasteiger partial charge in [0, 0.05) is 11.1 Å². The predicted molar refractivity (Wildman–Crippen MR) is 113 cm³/mol. The van der Waals surface area contributed by atoms with Crippen LogP contribution in [0.1, 0.15) is 35.8 Å². The van der Waals surface area contributed by atoms with Crippen molar-refractivity contribution in [1.29, 1.82) is 0 Å². The molecule has 0 unspecified atom stereocenters. The number of carbonyl (C=O) groups excluding carboxylic acids is 2. The Morgan fingerprint density at radius 3 is 2.47 bits per heavy atom. The molecule has 0 aliphatic carbocycles. The number of carbonyl (C=O) groups is 2. The quantitative estimate of drug-likeness (QED) is 0.580. The lowest BCUT2D eigenvalue weighted by molar-refractivity contribution is -0.119. The number of aromatic nitrogens is 2. The molecule has 0 bridgehead atoms. The van der Waals surface area contributed by atoms with E-state index in [4.69, 9.17) is 9.84 Å². The summed E-state index contributed by atoms with van der Waals surface area (Å²) in [4.78, 5) is 37.4. The highest BCUT2D eigenvalue weighted by Gasteiger charge is 2.19. The Hall–Kier alpha value is -3.52. The summed E-state index contributed by atoms with van der Waals surface area (Å²) >= 11 is 0. The van der Waals surface area contributed by atoms with Crippen LogP contribution < -0.4 is 10.9 Å². The van der Waals surface area contributed by atoms with Gasteiger partial charge in [-0.05, 0) is 23.6 Å². The zero-order valence-corrected chi connectivity index (χ0v) is 16.8. The van der Waals surface area contributed by atoms with Gasteiger partial charge in [0.2, 0.25) is 0 Å². The third-order valence-corrected chi connectivity index (χ3v) is 4.56. The van der Waals surface area contributed by atoms with Crippen LogP contribution in [0.15, 0.2) is 53.3 Å². The van der Waals surface area contributed by atoms with Gasteiger partial charge >= 0.3 is 5.97 Å². The van der Waals surface area contributed by atoms with Crippen molar-refractivity contribution >= 4 is 28.3 Å². The highest BCUT2D eigenvalue weighted by atomic mass is 16.5. The number of amides is 1. The molecule has 1 amide bonds. The van der Waals surface area contributed by atoms with Gasteiger partial charge in [-0.1, -0.05) is 50.2 Å². The molecule has 3 rings (SSSR count). The van der Waals surface area contributed by atoms with E-state index < -0.39 is 24.0 Å². The van der Waals surface area contributed by atoms with Crippen molar-refractivity contribution in [3.8, 4) is 0 Å². The third-order valence-electron chi connectivity index (χ3n) is 4.56. The van der Waals surface area contributed by atoms with E-state index in [-0.39, 0.29) is 30.1 Å². The summed E-state index contributed by atoms with van der Waals surface area (Å²) < 4.78 is 6.16. The van der Waals surface area contributed by atoms with Gasteiger partial charge in [-0.2, -0.15) is 5.10 Å². The molecule has 30 heavy (non-hydrogen) atoms. The van der Waals surface area contributed by atoms with Crippen molar-refractivity contribution in [2.75, 3.05) is 18.5 Å². The maximum atomic E-state index is 12.6. The average molecular weight is 409 g/mol. The van der Waals surface area contributed by atoms with Crippen LogP contribution in [0.4, 0.5) is 5.69 Å². The van der Waals surface area contributed by atoms with Crippen LogP contribution in [0.3, 0.4) is 0 Å².